The van der Waals surface area contributed by atoms with Crippen molar-refractivity contribution >= 4 is 0 Å². The lowest BCUT2D eigenvalue weighted by molar-refractivity contribution is 0.412. The Hall–Kier alpha value is -1.95. The molecule has 0 spiro atoms. The van der Waals surface area contributed by atoms with Crippen LogP contribution in [0, 0.1) is 6.92 Å². The van der Waals surface area contributed by atoms with E-state index in [9.17, 15) is 0 Å². The predicted octanol–water partition coefficient (Wildman–Crippen LogP) is 1.23. The maximum atomic E-state index is 5.98. The van der Waals surface area contributed by atoms with Gasteiger partial charge in [-0.25, -0.2) is 4.68 Å². The summed E-state index contributed by atoms with van der Waals surface area (Å²) in [6.07, 6.45) is 1.84. The fourth-order valence-electron chi connectivity index (χ4n) is 1.74. The zero-order chi connectivity index (χ0) is 14.0. The van der Waals surface area contributed by atoms with Crippen LogP contribution in [0.25, 0.3) is 0 Å². The summed E-state index contributed by atoms with van der Waals surface area (Å²) in [5.74, 6) is 0.794. The molecule has 0 saturated heterocycles. The minimum Gasteiger partial charge on any atom is -0.497 e. The second-order valence-corrected chi connectivity index (χ2v) is 5.16. The van der Waals surface area contributed by atoms with E-state index in [1.807, 2.05) is 39.1 Å². The average molecular weight is 261 g/mol. The number of nitrogens with two attached hydrogens (primary N) is 1. The molecule has 0 saturated carbocycles. The Kier molecular flexibility index (Phi) is 3.53. The summed E-state index contributed by atoms with van der Waals surface area (Å²) in [5.41, 5.74) is 8.04. The van der Waals surface area contributed by atoms with Crippen molar-refractivity contribution in [3.8, 4) is 5.75 Å². The van der Waals surface area contributed by atoms with Gasteiger partial charge in [0, 0.05) is 17.8 Å². The van der Waals surface area contributed by atoms with E-state index >= 15 is 0 Å². The molecule has 0 amide bonds. The molecule has 2 aromatic rings. The number of pyridine rings is 1. The SMILES string of the molecule is COc1cc(C)nc(Cn2cc(C(C)(C)N)nn2)c1. The van der Waals surface area contributed by atoms with Crippen LogP contribution in [-0.2, 0) is 12.1 Å². The van der Waals surface area contributed by atoms with Gasteiger partial charge in [-0.1, -0.05) is 5.21 Å². The van der Waals surface area contributed by atoms with Gasteiger partial charge in [-0.2, -0.15) is 0 Å². The summed E-state index contributed by atoms with van der Waals surface area (Å²) in [4.78, 5) is 4.45. The maximum Gasteiger partial charge on any atom is 0.122 e. The first-order chi connectivity index (χ1) is 8.88. The summed E-state index contributed by atoms with van der Waals surface area (Å²) in [5, 5.41) is 8.15. The summed E-state index contributed by atoms with van der Waals surface area (Å²) < 4.78 is 6.95. The van der Waals surface area contributed by atoms with Crippen LogP contribution in [0.15, 0.2) is 18.3 Å². The highest BCUT2D eigenvalue weighted by Crippen LogP contribution is 2.16. The minimum absolute atomic E-state index is 0.490. The largest absolute Gasteiger partial charge is 0.497 e. The Bertz CT molecular complexity index is 571. The van der Waals surface area contributed by atoms with Gasteiger partial charge in [0.05, 0.1) is 31.1 Å². The Morgan fingerprint density at radius 2 is 2.11 bits per heavy atom. The van der Waals surface area contributed by atoms with Crippen LogP contribution in [0.1, 0.15) is 30.9 Å². The molecule has 0 unspecified atom stereocenters. The van der Waals surface area contributed by atoms with Crippen molar-refractivity contribution in [3.63, 3.8) is 0 Å². The van der Waals surface area contributed by atoms with Gasteiger partial charge >= 0.3 is 0 Å². The second-order valence-electron chi connectivity index (χ2n) is 5.16. The normalized spacial score (nSPS) is 11.6. The fourth-order valence-corrected chi connectivity index (χ4v) is 1.74. The maximum absolute atomic E-state index is 5.98. The topological polar surface area (TPSA) is 78.9 Å². The van der Waals surface area contributed by atoms with Gasteiger partial charge in [-0.3, -0.25) is 4.98 Å². The van der Waals surface area contributed by atoms with Crippen molar-refractivity contribution in [1.82, 2.24) is 20.0 Å². The fraction of sp³-hybridized carbons (Fsp3) is 0.462. The van der Waals surface area contributed by atoms with Crippen LogP contribution in [0.3, 0.4) is 0 Å². The van der Waals surface area contributed by atoms with Crippen molar-refractivity contribution in [2.45, 2.75) is 32.9 Å². The van der Waals surface area contributed by atoms with E-state index in [-0.39, 0.29) is 0 Å². The highest BCUT2D eigenvalue weighted by atomic mass is 16.5. The smallest absolute Gasteiger partial charge is 0.122 e. The van der Waals surface area contributed by atoms with Crippen molar-refractivity contribution in [2.24, 2.45) is 5.73 Å². The number of rotatable bonds is 4. The molecule has 0 bridgehead atoms. The van der Waals surface area contributed by atoms with Gasteiger partial charge in [0.2, 0.25) is 0 Å². The summed E-state index contributed by atoms with van der Waals surface area (Å²) in [6, 6.07) is 3.78. The number of nitrogens with zero attached hydrogens (tertiary/aromatic N) is 4. The quantitative estimate of drug-likeness (QED) is 0.895. The molecule has 6 nitrogen and oxygen atoms in total. The van der Waals surface area contributed by atoms with Gasteiger partial charge in [0.25, 0.3) is 0 Å². The Balaban J connectivity index is 2.21. The van der Waals surface area contributed by atoms with Crippen LogP contribution < -0.4 is 10.5 Å². The van der Waals surface area contributed by atoms with E-state index in [1.165, 1.54) is 0 Å². The molecule has 0 aliphatic rings. The van der Waals surface area contributed by atoms with E-state index in [2.05, 4.69) is 15.3 Å². The minimum atomic E-state index is -0.490. The lowest BCUT2D eigenvalue weighted by atomic mass is 10.0. The first-order valence-corrected chi connectivity index (χ1v) is 6.09. The third-order valence-electron chi connectivity index (χ3n) is 2.74. The first-order valence-electron chi connectivity index (χ1n) is 6.09. The van der Waals surface area contributed by atoms with Gasteiger partial charge in [-0.15, -0.1) is 5.10 Å². The van der Waals surface area contributed by atoms with E-state index in [0.29, 0.717) is 6.54 Å². The van der Waals surface area contributed by atoms with Crippen LogP contribution in [0.4, 0.5) is 0 Å². The van der Waals surface area contributed by atoms with Crippen LogP contribution in [0.5, 0.6) is 5.75 Å². The molecule has 6 heteroatoms. The number of ether oxygens (including phenoxy) is 1. The molecular weight excluding hydrogens is 242 g/mol. The molecule has 2 N–H and O–H groups in total. The summed E-state index contributed by atoms with van der Waals surface area (Å²) in [7, 11) is 1.64. The highest BCUT2D eigenvalue weighted by molar-refractivity contribution is 5.26. The number of hydrogen-bond acceptors (Lipinski definition) is 5. The second kappa shape index (κ2) is 4.97. The Morgan fingerprint density at radius 1 is 1.37 bits per heavy atom. The van der Waals surface area contributed by atoms with E-state index in [4.69, 9.17) is 10.5 Å². The van der Waals surface area contributed by atoms with Crippen molar-refractivity contribution in [2.75, 3.05) is 7.11 Å². The molecule has 102 valence electrons. The molecule has 0 aliphatic carbocycles. The third kappa shape index (κ3) is 3.29. The Morgan fingerprint density at radius 3 is 2.68 bits per heavy atom. The lowest BCUT2D eigenvalue weighted by Gasteiger charge is -2.13. The molecule has 0 radical (unpaired) electrons. The molecule has 0 aliphatic heterocycles. The lowest BCUT2D eigenvalue weighted by Crippen LogP contribution is -2.29. The average Bonchev–Trinajstić information content (AvgIpc) is 2.76. The first kappa shape index (κ1) is 13.5. The Labute approximate surface area is 112 Å². The predicted molar refractivity (Wildman–Crippen MR) is 71.9 cm³/mol. The van der Waals surface area contributed by atoms with Gasteiger partial charge in [0.1, 0.15) is 11.4 Å². The number of methoxy groups -OCH3 is 1. The molecular formula is C13H19N5O. The monoisotopic (exact) mass is 261 g/mol. The van der Waals surface area contributed by atoms with E-state index in [1.54, 1.807) is 11.8 Å². The summed E-state index contributed by atoms with van der Waals surface area (Å²) in [6.45, 7) is 6.27. The zero-order valence-electron chi connectivity index (χ0n) is 11.7. The van der Waals surface area contributed by atoms with Crippen molar-refractivity contribution in [3.05, 3.63) is 35.4 Å². The van der Waals surface area contributed by atoms with Gasteiger partial charge in [0.15, 0.2) is 0 Å². The number of hydrogen-bond donors (Lipinski definition) is 1. The van der Waals surface area contributed by atoms with Crippen LogP contribution >= 0.6 is 0 Å². The van der Waals surface area contributed by atoms with E-state index in [0.717, 1.165) is 22.8 Å². The zero-order valence-corrected chi connectivity index (χ0v) is 11.7. The van der Waals surface area contributed by atoms with Crippen molar-refractivity contribution < 1.29 is 4.74 Å². The van der Waals surface area contributed by atoms with Gasteiger partial charge in [-0.05, 0) is 20.8 Å². The summed E-state index contributed by atoms with van der Waals surface area (Å²) >= 11 is 0. The van der Waals surface area contributed by atoms with Gasteiger partial charge < -0.3 is 10.5 Å². The van der Waals surface area contributed by atoms with Crippen molar-refractivity contribution in [1.29, 1.82) is 0 Å². The number of aryl methyl sites for hydroxylation is 1. The molecule has 2 rings (SSSR count). The molecule has 19 heavy (non-hydrogen) atoms. The molecule has 2 aromatic heterocycles. The highest BCUT2D eigenvalue weighted by Gasteiger charge is 2.18. The molecule has 0 aromatic carbocycles. The standard InChI is InChI=1S/C13H19N5O/c1-9-5-11(19-4)6-10(15-9)7-18-8-12(16-17-18)13(2,3)14/h5-6,8H,7,14H2,1-4H3. The van der Waals surface area contributed by atoms with Crippen LogP contribution in [-0.4, -0.2) is 27.1 Å². The van der Waals surface area contributed by atoms with Crippen LogP contribution in [0.2, 0.25) is 0 Å². The third-order valence-corrected chi connectivity index (χ3v) is 2.74. The molecule has 0 fully saturated rings. The molecule has 0 atom stereocenters. The number of aromatic nitrogens is 4. The molecule has 2 heterocycles. The van der Waals surface area contributed by atoms with E-state index < -0.39 is 5.54 Å².